The molecule has 0 bridgehead atoms. The average Bonchev–Trinajstić information content (AvgIpc) is 2.33. The lowest BCUT2D eigenvalue weighted by molar-refractivity contribution is 0.627. The van der Waals surface area contributed by atoms with Crippen LogP contribution in [-0.2, 0) is 0 Å². The monoisotopic (exact) mass is 231 g/mol. The van der Waals surface area contributed by atoms with Gasteiger partial charge in [0.15, 0.2) is 5.82 Å². The molecule has 2 rings (SSSR count). The van der Waals surface area contributed by atoms with Crippen LogP contribution in [-0.4, -0.2) is 16.5 Å². The van der Waals surface area contributed by atoms with E-state index in [1.807, 2.05) is 13.8 Å². The van der Waals surface area contributed by atoms with Crippen molar-refractivity contribution in [1.29, 1.82) is 0 Å². The van der Waals surface area contributed by atoms with Gasteiger partial charge in [0.2, 0.25) is 0 Å². The van der Waals surface area contributed by atoms with E-state index in [0.29, 0.717) is 5.82 Å². The molecule has 0 saturated heterocycles. The van der Waals surface area contributed by atoms with Gasteiger partial charge in [-0.2, -0.15) is 0 Å². The molecule has 0 fully saturated rings. The molecule has 1 heterocycles. The van der Waals surface area contributed by atoms with Crippen LogP contribution in [0.3, 0.4) is 0 Å². The highest BCUT2D eigenvalue weighted by Gasteiger charge is 2.07. The molecule has 3 nitrogen and oxygen atoms in total. The third kappa shape index (κ3) is 2.58. The van der Waals surface area contributed by atoms with E-state index in [-0.39, 0.29) is 5.82 Å². The van der Waals surface area contributed by atoms with Crippen molar-refractivity contribution < 1.29 is 4.39 Å². The molecule has 0 unspecified atom stereocenters. The average molecular weight is 231 g/mol. The van der Waals surface area contributed by atoms with Crippen molar-refractivity contribution in [2.24, 2.45) is 0 Å². The fraction of sp³-hybridized carbons (Fsp3) is 0.231. The standard InChI is InChI=1S/C13H14FN3/c1-3-15-12-6-7-16-13(17-12)11-8-10(14)5-4-9(11)2/h4-8H,3H2,1-2H3,(H,15,16,17). The Bertz CT molecular complexity index is 526. The van der Waals surface area contributed by atoms with Crippen molar-refractivity contribution in [1.82, 2.24) is 9.97 Å². The summed E-state index contributed by atoms with van der Waals surface area (Å²) in [6, 6.07) is 6.42. The molecule has 0 radical (unpaired) electrons. The summed E-state index contributed by atoms with van der Waals surface area (Å²) < 4.78 is 13.2. The molecule has 1 N–H and O–H groups in total. The first-order valence-corrected chi connectivity index (χ1v) is 5.54. The topological polar surface area (TPSA) is 37.8 Å². The zero-order chi connectivity index (χ0) is 12.3. The van der Waals surface area contributed by atoms with E-state index >= 15 is 0 Å². The van der Waals surface area contributed by atoms with Crippen LogP contribution in [0.25, 0.3) is 11.4 Å². The number of rotatable bonds is 3. The normalized spacial score (nSPS) is 10.3. The molecule has 1 aromatic heterocycles. The Balaban J connectivity index is 2.45. The maximum absolute atomic E-state index is 13.2. The predicted molar refractivity (Wildman–Crippen MR) is 66.3 cm³/mol. The van der Waals surface area contributed by atoms with E-state index < -0.39 is 0 Å². The van der Waals surface area contributed by atoms with Gasteiger partial charge in [-0.15, -0.1) is 0 Å². The van der Waals surface area contributed by atoms with Gasteiger partial charge >= 0.3 is 0 Å². The van der Waals surface area contributed by atoms with Gasteiger partial charge < -0.3 is 5.32 Å². The molecule has 2 aromatic rings. The Labute approximate surface area is 99.7 Å². The fourth-order valence-corrected chi connectivity index (χ4v) is 1.60. The highest BCUT2D eigenvalue weighted by molar-refractivity contribution is 5.61. The highest BCUT2D eigenvalue weighted by atomic mass is 19.1. The van der Waals surface area contributed by atoms with Crippen LogP contribution >= 0.6 is 0 Å². The lowest BCUT2D eigenvalue weighted by Crippen LogP contribution is -2.01. The van der Waals surface area contributed by atoms with Crippen LogP contribution < -0.4 is 5.32 Å². The quantitative estimate of drug-likeness (QED) is 0.882. The summed E-state index contributed by atoms with van der Waals surface area (Å²) in [5.41, 5.74) is 1.69. The number of halogens is 1. The largest absolute Gasteiger partial charge is 0.370 e. The maximum atomic E-state index is 13.2. The Hall–Kier alpha value is -1.97. The zero-order valence-corrected chi connectivity index (χ0v) is 9.87. The second kappa shape index (κ2) is 4.91. The third-order valence-corrected chi connectivity index (χ3v) is 2.45. The molecule has 0 aliphatic rings. The predicted octanol–water partition coefficient (Wildman–Crippen LogP) is 3.02. The molecular formula is C13H14FN3. The number of hydrogen-bond donors (Lipinski definition) is 1. The van der Waals surface area contributed by atoms with Crippen LogP contribution in [0.1, 0.15) is 12.5 Å². The number of nitrogens with zero attached hydrogens (tertiary/aromatic N) is 2. The molecule has 0 atom stereocenters. The molecule has 88 valence electrons. The van der Waals surface area contributed by atoms with Crippen molar-refractivity contribution in [2.45, 2.75) is 13.8 Å². The molecule has 17 heavy (non-hydrogen) atoms. The second-order valence-corrected chi connectivity index (χ2v) is 3.76. The van der Waals surface area contributed by atoms with Gasteiger partial charge in [-0.25, -0.2) is 14.4 Å². The number of nitrogens with one attached hydrogen (secondary N) is 1. The van der Waals surface area contributed by atoms with Crippen molar-refractivity contribution in [3.8, 4) is 11.4 Å². The molecule has 0 amide bonds. The van der Waals surface area contributed by atoms with E-state index in [1.165, 1.54) is 12.1 Å². The molecule has 0 aliphatic heterocycles. The van der Waals surface area contributed by atoms with Crippen LogP contribution in [0.4, 0.5) is 10.2 Å². The molecule has 4 heteroatoms. The van der Waals surface area contributed by atoms with Gasteiger partial charge in [0, 0.05) is 18.3 Å². The summed E-state index contributed by atoms with van der Waals surface area (Å²) in [7, 11) is 0. The molecule has 0 spiro atoms. The number of aromatic nitrogens is 2. The second-order valence-electron chi connectivity index (χ2n) is 3.76. The van der Waals surface area contributed by atoms with E-state index in [1.54, 1.807) is 18.3 Å². The van der Waals surface area contributed by atoms with Crippen LogP contribution in [0.15, 0.2) is 30.5 Å². The van der Waals surface area contributed by atoms with E-state index in [9.17, 15) is 4.39 Å². The fourth-order valence-electron chi connectivity index (χ4n) is 1.60. The van der Waals surface area contributed by atoms with Crippen LogP contribution in [0.5, 0.6) is 0 Å². The minimum atomic E-state index is -0.275. The van der Waals surface area contributed by atoms with E-state index in [0.717, 1.165) is 23.5 Å². The minimum absolute atomic E-state index is 0.275. The number of benzene rings is 1. The summed E-state index contributed by atoms with van der Waals surface area (Å²) in [5, 5.41) is 3.11. The first-order valence-electron chi connectivity index (χ1n) is 5.54. The van der Waals surface area contributed by atoms with E-state index in [2.05, 4.69) is 15.3 Å². The van der Waals surface area contributed by atoms with Gasteiger partial charge in [-0.05, 0) is 37.6 Å². The van der Waals surface area contributed by atoms with Gasteiger partial charge in [0.05, 0.1) is 0 Å². The van der Waals surface area contributed by atoms with Gasteiger partial charge in [-0.3, -0.25) is 0 Å². The van der Waals surface area contributed by atoms with Crippen molar-refractivity contribution in [3.63, 3.8) is 0 Å². The first kappa shape index (κ1) is 11.5. The Morgan fingerprint density at radius 2 is 2.12 bits per heavy atom. The Morgan fingerprint density at radius 1 is 1.29 bits per heavy atom. The van der Waals surface area contributed by atoms with Gasteiger partial charge in [0.1, 0.15) is 11.6 Å². The van der Waals surface area contributed by atoms with Crippen molar-refractivity contribution in [2.75, 3.05) is 11.9 Å². The SMILES string of the molecule is CCNc1ccnc(-c2cc(F)ccc2C)n1. The Morgan fingerprint density at radius 3 is 2.88 bits per heavy atom. The van der Waals surface area contributed by atoms with Gasteiger partial charge in [-0.1, -0.05) is 6.07 Å². The van der Waals surface area contributed by atoms with Crippen LogP contribution in [0, 0.1) is 12.7 Å². The lowest BCUT2D eigenvalue weighted by Gasteiger charge is -2.07. The molecule has 1 aromatic carbocycles. The minimum Gasteiger partial charge on any atom is -0.370 e. The number of anilines is 1. The first-order chi connectivity index (χ1) is 8.20. The van der Waals surface area contributed by atoms with Crippen LogP contribution in [0.2, 0.25) is 0 Å². The maximum Gasteiger partial charge on any atom is 0.161 e. The molecule has 0 saturated carbocycles. The summed E-state index contributed by atoms with van der Waals surface area (Å²) >= 11 is 0. The molecular weight excluding hydrogens is 217 g/mol. The number of hydrogen-bond acceptors (Lipinski definition) is 3. The van der Waals surface area contributed by atoms with Gasteiger partial charge in [0.25, 0.3) is 0 Å². The lowest BCUT2D eigenvalue weighted by atomic mass is 10.1. The highest BCUT2D eigenvalue weighted by Crippen LogP contribution is 2.21. The Kier molecular flexibility index (Phi) is 3.32. The third-order valence-electron chi connectivity index (χ3n) is 2.45. The summed E-state index contributed by atoms with van der Waals surface area (Å²) in [4.78, 5) is 8.52. The van der Waals surface area contributed by atoms with Crippen molar-refractivity contribution >= 4 is 5.82 Å². The summed E-state index contributed by atoms with van der Waals surface area (Å²) in [5.74, 6) is 1.02. The summed E-state index contributed by atoms with van der Waals surface area (Å²) in [6.45, 7) is 4.70. The van der Waals surface area contributed by atoms with E-state index in [4.69, 9.17) is 0 Å². The molecule has 0 aliphatic carbocycles. The zero-order valence-electron chi connectivity index (χ0n) is 9.87. The number of aryl methyl sites for hydroxylation is 1. The summed E-state index contributed by atoms with van der Waals surface area (Å²) in [6.07, 6.45) is 1.67. The van der Waals surface area contributed by atoms with Crippen molar-refractivity contribution in [3.05, 3.63) is 41.8 Å². The smallest absolute Gasteiger partial charge is 0.161 e.